The first-order valence-electron chi connectivity index (χ1n) is 5.51. The topological polar surface area (TPSA) is 74.7 Å². The Morgan fingerprint density at radius 3 is 2.74 bits per heavy atom. The zero-order chi connectivity index (χ0) is 13.6. The predicted octanol–water partition coefficient (Wildman–Crippen LogP) is 1.41. The van der Waals surface area contributed by atoms with Crippen LogP contribution in [-0.2, 0) is 4.79 Å². The summed E-state index contributed by atoms with van der Waals surface area (Å²) < 4.78 is 10.5. The van der Waals surface area contributed by atoms with Gasteiger partial charge in [-0.25, -0.2) is 0 Å². The number of benzene rings is 1. The smallest absolute Gasteiger partial charge is 0.274 e. The molecular weight excluding hydrogens is 270 g/mol. The lowest BCUT2D eigenvalue weighted by molar-refractivity contribution is -0.115. The number of ether oxygens (including phenoxy) is 2. The van der Waals surface area contributed by atoms with Crippen LogP contribution in [0.3, 0.4) is 0 Å². The fourth-order valence-electron chi connectivity index (χ4n) is 1.88. The lowest BCUT2D eigenvalue weighted by Crippen LogP contribution is -2.25. The van der Waals surface area contributed by atoms with Gasteiger partial charge < -0.3 is 14.4 Å². The van der Waals surface area contributed by atoms with Crippen molar-refractivity contribution in [3.8, 4) is 11.5 Å². The van der Waals surface area contributed by atoms with Crippen molar-refractivity contribution in [3.63, 3.8) is 0 Å². The van der Waals surface area contributed by atoms with Crippen LogP contribution in [0.1, 0.15) is 5.56 Å². The summed E-state index contributed by atoms with van der Waals surface area (Å²) in [5, 5.41) is 10.4. The van der Waals surface area contributed by atoms with Crippen molar-refractivity contribution in [2.45, 2.75) is 0 Å². The number of likely N-dealkylation sites (N-methyl/N-ethyl adjacent to an activating group) is 1. The molecule has 0 radical (unpaired) electrons. The minimum absolute atomic E-state index is 0.0353. The number of halogens is 1. The van der Waals surface area contributed by atoms with E-state index in [0.29, 0.717) is 27.8 Å². The maximum atomic E-state index is 11.7. The first kappa shape index (κ1) is 11.9. The predicted molar refractivity (Wildman–Crippen MR) is 69.2 cm³/mol. The van der Waals surface area contributed by atoms with Crippen molar-refractivity contribution >= 4 is 29.5 Å². The summed E-state index contributed by atoms with van der Waals surface area (Å²) in [5.74, 6) is 0.880. The van der Waals surface area contributed by atoms with Crippen molar-refractivity contribution in [1.29, 1.82) is 5.41 Å². The summed E-state index contributed by atoms with van der Waals surface area (Å²) >= 11 is 6.13. The number of carbonyl (C=O) groups is 1. The second-order valence-electron chi connectivity index (χ2n) is 4.12. The van der Waals surface area contributed by atoms with Crippen LogP contribution in [0.2, 0.25) is 5.02 Å². The van der Waals surface area contributed by atoms with E-state index in [1.54, 1.807) is 25.3 Å². The molecule has 0 aromatic heterocycles. The second kappa shape index (κ2) is 4.17. The van der Waals surface area contributed by atoms with Gasteiger partial charge in [0.15, 0.2) is 11.5 Å². The molecule has 7 heteroatoms. The van der Waals surface area contributed by atoms with Crippen LogP contribution in [0.5, 0.6) is 11.5 Å². The average molecular weight is 280 g/mol. The summed E-state index contributed by atoms with van der Waals surface area (Å²) in [5.41, 5.74) is 0.989. The Balaban J connectivity index is 2.04. The number of hydrogen-bond donors (Lipinski definition) is 2. The van der Waals surface area contributed by atoms with Crippen molar-refractivity contribution in [1.82, 2.24) is 10.2 Å². The molecule has 3 rings (SSSR count). The van der Waals surface area contributed by atoms with Gasteiger partial charge in [-0.3, -0.25) is 15.5 Å². The molecule has 0 saturated carbocycles. The number of nitrogens with zero attached hydrogens (tertiary/aromatic N) is 1. The average Bonchev–Trinajstić information content (AvgIpc) is 2.89. The van der Waals surface area contributed by atoms with Gasteiger partial charge >= 0.3 is 0 Å². The third-order valence-electron chi connectivity index (χ3n) is 2.95. The molecule has 1 amide bonds. The molecule has 2 N–H and O–H groups in total. The number of amides is 1. The van der Waals surface area contributed by atoms with Crippen LogP contribution >= 0.6 is 11.6 Å². The molecule has 1 fully saturated rings. The van der Waals surface area contributed by atoms with Crippen LogP contribution in [-0.4, -0.2) is 30.6 Å². The van der Waals surface area contributed by atoms with E-state index in [1.165, 1.54) is 4.90 Å². The van der Waals surface area contributed by atoms with E-state index in [9.17, 15) is 4.79 Å². The van der Waals surface area contributed by atoms with Gasteiger partial charge in [-0.05, 0) is 17.7 Å². The van der Waals surface area contributed by atoms with Crippen LogP contribution in [0.25, 0.3) is 6.08 Å². The molecule has 1 saturated heterocycles. The Hall–Kier alpha value is -2.21. The van der Waals surface area contributed by atoms with Crippen molar-refractivity contribution < 1.29 is 14.3 Å². The summed E-state index contributed by atoms with van der Waals surface area (Å²) in [6.07, 6.45) is 1.61. The van der Waals surface area contributed by atoms with Gasteiger partial charge in [-0.1, -0.05) is 11.6 Å². The molecule has 2 heterocycles. The van der Waals surface area contributed by atoms with Crippen LogP contribution < -0.4 is 14.8 Å². The first-order valence-corrected chi connectivity index (χ1v) is 5.88. The highest BCUT2D eigenvalue weighted by molar-refractivity contribution is 6.32. The Labute approximate surface area is 114 Å². The quantitative estimate of drug-likeness (QED) is 0.762. The largest absolute Gasteiger partial charge is 0.454 e. The maximum absolute atomic E-state index is 11.7. The highest BCUT2D eigenvalue weighted by Crippen LogP contribution is 2.37. The molecule has 6 nitrogen and oxygen atoms in total. The lowest BCUT2D eigenvalue weighted by atomic mass is 10.1. The molecule has 98 valence electrons. The van der Waals surface area contributed by atoms with E-state index in [-0.39, 0.29) is 18.7 Å². The summed E-state index contributed by atoms with van der Waals surface area (Å²) in [7, 11) is 1.63. The van der Waals surface area contributed by atoms with Gasteiger partial charge in [-0.2, -0.15) is 0 Å². The van der Waals surface area contributed by atoms with E-state index >= 15 is 0 Å². The van der Waals surface area contributed by atoms with Gasteiger partial charge in [0.05, 0.1) is 5.02 Å². The Morgan fingerprint density at radius 2 is 2.11 bits per heavy atom. The van der Waals surface area contributed by atoms with Crippen molar-refractivity contribution in [2.24, 2.45) is 0 Å². The van der Waals surface area contributed by atoms with Gasteiger partial charge in [-0.15, -0.1) is 0 Å². The molecule has 1 aromatic rings. The van der Waals surface area contributed by atoms with Gasteiger partial charge in [0.2, 0.25) is 12.8 Å². The SMILES string of the molecule is CN1C(=N)NC(=O)/C1=C/c1cc2c(cc1Cl)OCO2. The molecule has 0 atom stereocenters. The third-order valence-corrected chi connectivity index (χ3v) is 3.27. The monoisotopic (exact) mass is 279 g/mol. The number of nitrogens with one attached hydrogen (secondary N) is 2. The Kier molecular flexibility index (Phi) is 2.60. The van der Waals surface area contributed by atoms with Gasteiger partial charge in [0.1, 0.15) is 5.70 Å². The number of hydrogen-bond acceptors (Lipinski definition) is 4. The molecule has 2 aliphatic rings. The fraction of sp³-hybridized carbons (Fsp3) is 0.167. The molecule has 0 unspecified atom stereocenters. The zero-order valence-electron chi connectivity index (χ0n) is 9.99. The van der Waals surface area contributed by atoms with Crippen molar-refractivity contribution in [2.75, 3.05) is 13.8 Å². The normalized spacial score (nSPS) is 19.3. The van der Waals surface area contributed by atoms with E-state index in [2.05, 4.69) is 5.32 Å². The first-order chi connectivity index (χ1) is 9.06. The number of guanidine groups is 1. The van der Waals surface area contributed by atoms with Gasteiger partial charge in [0.25, 0.3) is 5.91 Å². The standard InChI is InChI=1S/C12H10ClN3O3/c1-16-8(11(17)15-12(16)14)2-6-3-9-10(4-7(6)13)19-5-18-9/h2-4H,5H2,1H3,(H2,14,15,17)/b8-2-. The van der Waals surface area contributed by atoms with Crippen LogP contribution in [0, 0.1) is 5.41 Å². The highest BCUT2D eigenvalue weighted by Gasteiger charge is 2.27. The molecule has 0 spiro atoms. The zero-order valence-corrected chi connectivity index (χ0v) is 10.7. The highest BCUT2D eigenvalue weighted by atomic mass is 35.5. The molecule has 1 aromatic carbocycles. The van der Waals surface area contributed by atoms with Crippen LogP contribution in [0.4, 0.5) is 0 Å². The third kappa shape index (κ3) is 1.90. The minimum Gasteiger partial charge on any atom is -0.454 e. The molecule has 19 heavy (non-hydrogen) atoms. The van der Waals surface area contributed by atoms with E-state index in [0.717, 1.165) is 0 Å². The Morgan fingerprint density at radius 1 is 1.42 bits per heavy atom. The molecule has 0 aliphatic carbocycles. The number of carbonyl (C=O) groups excluding carboxylic acids is 1. The summed E-state index contributed by atoms with van der Waals surface area (Å²) in [4.78, 5) is 13.1. The van der Waals surface area contributed by atoms with E-state index in [4.69, 9.17) is 26.5 Å². The van der Waals surface area contributed by atoms with Gasteiger partial charge in [0, 0.05) is 13.1 Å². The second-order valence-corrected chi connectivity index (χ2v) is 4.53. The summed E-state index contributed by atoms with van der Waals surface area (Å²) in [6.45, 7) is 0.163. The number of rotatable bonds is 1. The molecule has 0 bridgehead atoms. The molecular formula is C12H10ClN3O3. The Bertz CT molecular complexity index is 627. The maximum Gasteiger partial charge on any atom is 0.274 e. The number of fused-ring (bicyclic) bond motifs is 1. The molecule has 2 aliphatic heterocycles. The fourth-order valence-corrected chi connectivity index (χ4v) is 2.09. The van der Waals surface area contributed by atoms with Crippen molar-refractivity contribution in [3.05, 3.63) is 28.4 Å². The lowest BCUT2D eigenvalue weighted by Gasteiger charge is -2.09. The summed E-state index contributed by atoms with van der Waals surface area (Å²) in [6, 6.07) is 3.36. The minimum atomic E-state index is -0.332. The van der Waals surface area contributed by atoms with Crippen LogP contribution in [0.15, 0.2) is 17.8 Å². The van der Waals surface area contributed by atoms with E-state index < -0.39 is 0 Å². The van der Waals surface area contributed by atoms with E-state index in [1.807, 2.05) is 0 Å².